The number of nitro groups is 1. The number of nitrogens with zero attached hydrogens (tertiary/aromatic N) is 3. The van der Waals surface area contributed by atoms with E-state index in [9.17, 15) is 14.9 Å². The Bertz CT molecular complexity index is 993. The number of fused-ring (bicyclic) bond motifs is 1. The van der Waals surface area contributed by atoms with E-state index >= 15 is 0 Å². The van der Waals surface area contributed by atoms with Crippen molar-refractivity contribution in [2.24, 2.45) is 0 Å². The molecule has 8 nitrogen and oxygen atoms in total. The number of rotatable bonds is 4. The first-order valence-corrected chi connectivity index (χ1v) is 7.96. The van der Waals surface area contributed by atoms with Crippen molar-refractivity contribution in [1.82, 2.24) is 9.97 Å². The van der Waals surface area contributed by atoms with Crippen molar-refractivity contribution >= 4 is 55.6 Å². The number of nitrogens with one attached hydrogen (secondary N) is 2. The third-order valence-electron chi connectivity index (χ3n) is 3.35. The van der Waals surface area contributed by atoms with Crippen molar-refractivity contribution in [2.75, 3.05) is 10.6 Å². The monoisotopic (exact) mass is 401 g/mol. The number of hydrogen-bond donors (Lipinski definition) is 2. The van der Waals surface area contributed by atoms with E-state index in [0.717, 1.165) is 10.2 Å². The molecule has 1 amide bonds. The van der Waals surface area contributed by atoms with Crippen LogP contribution in [-0.2, 0) is 4.79 Å². The van der Waals surface area contributed by atoms with Crippen molar-refractivity contribution in [3.63, 3.8) is 0 Å². The van der Waals surface area contributed by atoms with Crippen LogP contribution in [0, 0.1) is 10.1 Å². The molecule has 1 aromatic heterocycles. The molecule has 0 unspecified atom stereocenters. The summed E-state index contributed by atoms with van der Waals surface area (Å²) >= 11 is 3.39. The number of nitro benzene ring substituents is 1. The molecule has 0 aliphatic carbocycles. The molecule has 3 aromatic rings. The lowest BCUT2D eigenvalue weighted by atomic mass is 10.1. The highest BCUT2D eigenvalue weighted by Crippen LogP contribution is 2.33. The fraction of sp³-hybridized carbons (Fsp3) is 0.0625. The first-order valence-electron chi connectivity index (χ1n) is 7.17. The van der Waals surface area contributed by atoms with Gasteiger partial charge in [-0.1, -0.05) is 22.0 Å². The van der Waals surface area contributed by atoms with Gasteiger partial charge in [0.2, 0.25) is 5.91 Å². The number of carbonyl (C=O) groups is 1. The Kier molecular flexibility index (Phi) is 4.57. The zero-order valence-corrected chi connectivity index (χ0v) is 14.6. The Morgan fingerprint density at radius 1 is 1.24 bits per heavy atom. The molecule has 2 N–H and O–H groups in total. The van der Waals surface area contributed by atoms with Gasteiger partial charge in [0, 0.05) is 28.5 Å². The van der Waals surface area contributed by atoms with Gasteiger partial charge < -0.3 is 10.6 Å². The summed E-state index contributed by atoms with van der Waals surface area (Å²) < 4.78 is 0.884. The van der Waals surface area contributed by atoms with E-state index in [4.69, 9.17) is 0 Å². The molecule has 0 radical (unpaired) electrons. The van der Waals surface area contributed by atoms with Crippen molar-refractivity contribution < 1.29 is 9.72 Å². The molecule has 9 heteroatoms. The maximum atomic E-state index is 11.3. The van der Waals surface area contributed by atoms with E-state index in [-0.39, 0.29) is 11.4 Å². The first-order chi connectivity index (χ1) is 11.9. The highest BCUT2D eigenvalue weighted by Gasteiger charge is 2.18. The lowest BCUT2D eigenvalue weighted by Gasteiger charge is -2.10. The summed E-state index contributed by atoms with van der Waals surface area (Å²) in [6.07, 6.45) is 1.35. The molecular weight excluding hydrogens is 390 g/mol. The molecule has 126 valence electrons. The molecule has 0 fully saturated rings. The number of hydrogen-bond acceptors (Lipinski definition) is 6. The van der Waals surface area contributed by atoms with Crippen molar-refractivity contribution in [2.45, 2.75) is 6.92 Å². The van der Waals surface area contributed by atoms with Crippen LogP contribution in [-0.4, -0.2) is 20.8 Å². The number of benzene rings is 2. The summed E-state index contributed by atoms with van der Waals surface area (Å²) in [5.74, 6) is 0.0320. The summed E-state index contributed by atoms with van der Waals surface area (Å²) in [6.45, 7) is 1.29. The quantitative estimate of drug-likeness (QED) is 0.504. The second-order valence-electron chi connectivity index (χ2n) is 5.18. The topological polar surface area (TPSA) is 110 Å². The summed E-state index contributed by atoms with van der Waals surface area (Å²) in [7, 11) is 0. The van der Waals surface area contributed by atoms with Crippen molar-refractivity contribution in [3.8, 4) is 0 Å². The van der Waals surface area contributed by atoms with Crippen LogP contribution in [0.1, 0.15) is 6.92 Å². The zero-order valence-electron chi connectivity index (χ0n) is 13.0. The van der Waals surface area contributed by atoms with E-state index in [0.29, 0.717) is 16.7 Å². The smallest absolute Gasteiger partial charge is 0.293 e. The largest absolute Gasteiger partial charge is 0.340 e. The number of aromatic nitrogens is 2. The third kappa shape index (κ3) is 3.72. The minimum absolute atomic E-state index is 0.0945. The second-order valence-corrected chi connectivity index (χ2v) is 6.10. The summed E-state index contributed by atoms with van der Waals surface area (Å²) in [5.41, 5.74) is 1.11. The standard InChI is InChI=1S/C16H12BrN5O3/c1-9(23)20-14-7-13-12(6-15(14)22(24)25)16(19-8-18-13)21-11-4-2-3-10(17)5-11/h2-8H,1H3,(H,20,23)(H,18,19,21). The minimum atomic E-state index is -0.555. The van der Waals surface area contributed by atoms with Crippen LogP contribution in [0.25, 0.3) is 10.9 Å². The Balaban J connectivity index is 2.12. The van der Waals surface area contributed by atoms with Crippen LogP contribution in [0.3, 0.4) is 0 Å². The Hall–Kier alpha value is -3.07. The first kappa shape index (κ1) is 16.8. The predicted molar refractivity (Wildman–Crippen MR) is 97.9 cm³/mol. The maximum Gasteiger partial charge on any atom is 0.293 e. The molecule has 3 rings (SSSR count). The SMILES string of the molecule is CC(=O)Nc1cc2ncnc(Nc3cccc(Br)c3)c2cc1[N+](=O)[O-]. The molecule has 0 atom stereocenters. The molecule has 1 heterocycles. The molecule has 2 aromatic carbocycles. The summed E-state index contributed by atoms with van der Waals surface area (Å²) in [5, 5.41) is 17.4. The second kappa shape index (κ2) is 6.81. The number of carbonyl (C=O) groups excluding carboxylic acids is 1. The molecule has 0 saturated carbocycles. The van der Waals surface area contributed by atoms with E-state index in [2.05, 4.69) is 36.5 Å². The fourth-order valence-electron chi connectivity index (χ4n) is 2.34. The maximum absolute atomic E-state index is 11.3. The van der Waals surface area contributed by atoms with Crippen molar-refractivity contribution in [1.29, 1.82) is 0 Å². The molecule has 0 spiro atoms. The molecule has 0 aliphatic heterocycles. The average Bonchev–Trinajstić information content (AvgIpc) is 2.53. The summed E-state index contributed by atoms with van der Waals surface area (Å²) in [4.78, 5) is 30.4. The Morgan fingerprint density at radius 3 is 2.72 bits per heavy atom. The molecule has 25 heavy (non-hydrogen) atoms. The molecule has 0 saturated heterocycles. The molecule has 0 bridgehead atoms. The molecule has 0 aliphatic rings. The summed E-state index contributed by atoms with van der Waals surface area (Å²) in [6, 6.07) is 10.2. The van der Waals surface area contributed by atoms with Crippen LogP contribution in [0.4, 0.5) is 22.9 Å². The van der Waals surface area contributed by atoms with E-state index in [1.807, 2.05) is 24.3 Å². The van der Waals surface area contributed by atoms with Gasteiger partial charge in [0.25, 0.3) is 5.69 Å². The zero-order chi connectivity index (χ0) is 18.0. The van der Waals surface area contributed by atoms with Crippen molar-refractivity contribution in [3.05, 3.63) is 57.3 Å². The van der Waals surface area contributed by atoms with Crippen LogP contribution in [0.5, 0.6) is 0 Å². The Morgan fingerprint density at radius 2 is 2.04 bits per heavy atom. The lowest BCUT2D eigenvalue weighted by Crippen LogP contribution is -2.08. The number of halogens is 1. The van der Waals surface area contributed by atoms with Crippen LogP contribution in [0.2, 0.25) is 0 Å². The predicted octanol–water partition coefficient (Wildman–Crippen LogP) is 4.00. The highest BCUT2D eigenvalue weighted by molar-refractivity contribution is 9.10. The van der Waals surface area contributed by atoms with E-state index in [1.165, 1.54) is 25.4 Å². The Labute approximate surface area is 150 Å². The van der Waals surface area contributed by atoms with Gasteiger partial charge in [0.1, 0.15) is 17.8 Å². The normalized spacial score (nSPS) is 10.5. The van der Waals surface area contributed by atoms with Gasteiger partial charge in [-0.3, -0.25) is 14.9 Å². The van der Waals surface area contributed by atoms with Crippen LogP contribution in [0.15, 0.2) is 47.2 Å². The third-order valence-corrected chi connectivity index (χ3v) is 3.84. The van der Waals surface area contributed by atoms with Gasteiger partial charge in [-0.2, -0.15) is 0 Å². The number of amides is 1. The van der Waals surface area contributed by atoms with Gasteiger partial charge >= 0.3 is 0 Å². The average molecular weight is 402 g/mol. The van der Waals surface area contributed by atoms with Gasteiger partial charge in [-0.05, 0) is 24.3 Å². The highest BCUT2D eigenvalue weighted by atomic mass is 79.9. The van der Waals surface area contributed by atoms with E-state index < -0.39 is 10.8 Å². The lowest BCUT2D eigenvalue weighted by molar-refractivity contribution is -0.383. The minimum Gasteiger partial charge on any atom is -0.340 e. The van der Waals surface area contributed by atoms with Crippen LogP contribution >= 0.6 is 15.9 Å². The van der Waals surface area contributed by atoms with Crippen LogP contribution < -0.4 is 10.6 Å². The number of anilines is 3. The fourth-order valence-corrected chi connectivity index (χ4v) is 2.73. The van der Waals surface area contributed by atoms with Gasteiger partial charge in [-0.15, -0.1) is 0 Å². The van der Waals surface area contributed by atoms with Gasteiger partial charge in [-0.25, -0.2) is 9.97 Å². The molecular formula is C16H12BrN5O3. The van der Waals surface area contributed by atoms with E-state index in [1.54, 1.807) is 0 Å². The van der Waals surface area contributed by atoms with Gasteiger partial charge in [0.05, 0.1) is 10.4 Å². The van der Waals surface area contributed by atoms with Gasteiger partial charge in [0.15, 0.2) is 0 Å².